The van der Waals surface area contributed by atoms with E-state index in [2.05, 4.69) is 15.0 Å². The molecule has 0 saturated carbocycles. The van der Waals surface area contributed by atoms with Crippen LogP contribution in [-0.4, -0.2) is 19.9 Å². The molecule has 3 aromatic rings. The fraction of sp³-hybridized carbons (Fsp3) is 0.263. The second-order valence-corrected chi connectivity index (χ2v) is 6.34. The summed E-state index contributed by atoms with van der Waals surface area (Å²) in [6.45, 7) is 0.380. The molecule has 25 heavy (non-hydrogen) atoms. The Kier molecular flexibility index (Phi) is 4.57. The van der Waals surface area contributed by atoms with Crippen molar-refractivity contribution in [2.45, 2.75) is 32.3 Å². The van der Waals surface area contributed by atoms with Crippen molar-refractivity contribution in [2.75, 3.05) is 0 Å². The van der Waals surface area contributed by atoms with Crippen molar-refractivity contribution in [3.63, 3.8) is 0 Å². The maximum absolute atomic E-state index is 6.30. The Labute approximate surface area is 151 Å². The average molecular weight is 353 g/mol. The average Bonchev–Trinajstić information content (AvgIpc) is 2.67. The molecule has 0 aromatic carbocycles. The molecule has 126 valence electrons. The number of fused-ring (bicyclic) bond motifs is 1. The number of pyridine rings is 2. The van der Waals surface area contributed by atoms with Gasteiger partial charge in [-0.3, -0.25) is 4.98 Å². The summed E-state index contributed by atoms with van der Waals surface area (Å²) in [4.78, 5) is 17.2. The summed E-state index contributed by atoms with van der Waals surface area (Å²) in [6, 6.07) is 7.70. The highest BCUT2D eigenvalue weighted by Gasteiger charge is 2.20. The van der Waals surface area contributed by atoms with Crippen molar-refractivity contribution in [2.24, 2.45) is 0 Å². The molecule has 6 heteroatoms. The van der Waals surface area contributed by atoms with Gasteiger partial charge in [-0.05, 0) is 48.9 Å². The van der Waals surface area contributed by atoms with E-state index in [1.165, 1.54) is 11.9 Å². The molecule has 1 aliphatic rings. The molecule has 0 amide bonds. The van der Waals surface area contributed by atoms with Gasteiger partial charge in [-0.25, -0.2) is 15.0 Å². The fourth-order valence-corrected chi connectivity index (χ4v) is 3.31. The summed E-state index contributed by atoms with van der Waals surface area (Å²) in [5.74, 6) is 0.584. The molecule has 4 rings (SSSR count). The first-order chi connectivity index (χ1) is 12.3. The molecule has 0 aliphatic heterocycles. The van der Waals surface area contributed by atoms with Gasteiger partial charge >= 0.3 is 0 Å². The molecule has 1 aliphatic carbocycles. The number of hydrogen-bond donors (Lipinski definition) is 0. The van der Waals surface area contributed by atoms with Gasteiger partial charge < -0.3 is 4.74 Å². The van der Waals surface area contributed by atoms with Gasteiger partial charge in [-0.1, -0.05) is 17.7 Å². The summed E-state index contributed by atoms with van der Waals surface area (Å²) >= 11 is 6.30. The molecule has 0 N–H and O–H groups in total. The highest BCUT2D eigenvalue weighted by Crippen LogP contribution is 2.35. The molecular weight excluding hydrogens is 336 g/mol. The van der Waals surface area contributed by atoms with Crippen molar-refractivity contribution < 1.29 is 4.74 Å². The van der Waals surface area contributed by atoms with E-state index >= 15 is 0 Å². The highest BCUT2D eigenvalue weighted by atomic mass is 35.5. The smallest absolute Gasteiger partial charge is 0.214 e. The second kappa shape index (κ2) is 7.15. The van der Waals surface area contributed by atoms with E-state index in [4.69, 9.17) is 21.3 Å². The Morgan fingerprint density at radius 1 is 1.08 bits per heavy atom. The van der Waals surface area contributed by atoms with Gasteiger partial charge in [0.05, 0.1) is 5.69 Å². The zero-order valence-corrected chi connectivity index (χ0v) is 14.4. The Morgan fingerprint density at radius 2 is 2.00 bits per heavy atom. The van der Waals surface area contributed by atoms with Crippen LogP contribution in [0.25, 0.3) is 11.1 Å². The molecule has 0 saturated heterocycles. The van der Waals surface area contributed by atoms with Gasteiger partial charge in [0.15, 0.2) is 0 Å². The topological polar surface area (TPSA) is 60.8 Å². The Bertz CT molecular complexity index is 886. The number of nitrogens with zero attached hydrogens (tertiary/aromatic N) is 4. The maximum Gasteiger partial charge on any atom is 0.214 e. The monoisotopic (exact) mass is 352 g/mol. The van der Waals surface area contributed by atoms with Crippen LogP contribution in [0.4, 0.5) is 0 Å². The Balaban J connectivity index is 1.71. The van der Waals surface area contributed by atoms with E-state index < -0.39 is 0 Å². The van der Waals surface area contributed by atoms with Gasteiger partial charge in [0.2, 0.25) is 5.88 Å². The molecule has 0 atom stereocenters. The standard InChI is InChI=1S/C19H17ClN4O/c20-19-16(10-21-12-23-19)15-9-18(24-17-7-2-1-6-14(15)17)25-11-13-5-3-4-8-22-13/h3-5,8-10,12H,1-2,6-7,11H2. The predicted octanol–water partition coefficient (Wildman–Crippen LogP) is 4.04. The molecule has 0 spiro atoms. The van der Waals surface area contributed by atoms with Crippen molar-refractivity contribution in [1.82, 2.24) is 19.9 Å². The number of aromatic nitrogens is 4. The summed E-state index contributed by atoms with van der Waals surface area (Å²) in [5.41, 5.74) is 5.02. The maximum atomic E-state index is 6.30. The number of halogens is 1. The van der Waals surface area contributed by atoms with Crippen LogP contribution in [0.2, 0.25) is 5.15 Å². The van der Waals surface area contributed by atoms with Crippen molar-refractivity contribution in [1.29, 1.82) is 0 Å². The predicted molar refractivity (Wildman–Crippen MR) is 95.5 cm³/mol. The van der Waals surface area contributed by atoms with E-state index in [-0.39, 0.29) is 0 Å². The van der Waals surface area contributed by atoms with Crippen LogP contribution in [0.3, 0.4) is 0 Å². The minimum atomic E-state index is 0.380. The molecule has 3 aromatic heterocycles. The quantitative estimate of drug-likeness (QED) is 0.663. The zero-order chi connectivity index (χ0) is 17.1. The van der Waals surface area contributed by atoms with Gasteiger partial charge in [-0.15, -0.1) is 0 Å². The second-order valence-electron chi connectivity index (χ2n) is 5.98. The molecule has 3 heterocycles. The third-order valence-electron chi connectivity index (χ3n) is 4.32. The summed E-state index contributed by atoms with van der Waals surface area (Å²) in [7, 11) is 0. The van der Waals surface area contributed by atoms with E-state index in [1.807, 2.05) is 24.3 Å². The lowest BCUT2D eigenvalue weighted by atomic mass is 9.90. The largest absolute Gasteiger partial charge is 0.471 e. The van der Waals surface area contributed by atoms with Crippen LogP contribution in [0.15, 0.2) is 43.0 Å². The van der Waals surface area contributed by atoms with E-state index in [0.29, 0.717) is 17.6 Å². The normalized spacial score (nSPS) is 13.3. The SMILES string of the molecule is Clc1ncncc1-c1cc(OCc2ccccn2)nc2c1CCCC2. The number of aryl methyl sites for hydroxylation is 1. The first-order valence-corrected chi connectivity index (χ1v) is 8.70. The van der Waals surface area contributed by atoms with Crippen LogP contribution in [0.5, 0.6) is 5.88 Å². The van der Waals surface area contributed by atoms with Gasteiger partial charge in [-0.2, -0.15) is 0 Å². The zero-order valence-electron chi connectivity index (χ0n) is 13.7. The van der Waals surface area contributed by atoms with Gasteiger partial charge in [0.25, 0.3) is 0 Å². The Morgan fingerprint density at radius 3 is 2.84 bits per heavy atom. The molecule has 0 unspecified atom stereocenters. The molecule has 0 fully saturated rings. The summed E-state index contributed by atoms with van der Waals surface area (Å²) in [6.07, 6.45) is 9.20. The number of ether oxygens (including phenoxy) is 1. The van der Waals surface area contributed by atoms with Crippen LogP contribution in [0.1, 0.15) is 29.8 Å². The van der Waals surface area contributed by atoms with Crippen LogP contribution in [-0.2, 0) is 19.4 Å². The van der Waals surface area contributed by atoms with Gasteiger partial charge in [0.1, 0.15) is 18.1 Å². The fourth-order valence-electron chi connectivity index (χ4n) is 3.12. The minimum absolute atomic E-state index is 0.380. The van der Waals surface area contributed by atoms with E-state index in [0.717, 1.165) is 48.2 Å². The van der Waals surface area contributed by atoms with Crippen molar-refractivity contribution in [3.8, 4) is 17.0 Å². The minimum Gasteiger partial charge on any atom is -0.471 e. The number of rotatable bonds is 4. The molecule has 0 radical (unpaired) electrons. The molecule has 0 bridgehead atoms. The first kappa shape index (κ1) is 16.0. The lowest BCUT2D eigenvalue weighted by molar-refractivity contribution is 0.288. The van der Waals surface area contributed by atoms with E-state index in [1.54, 1.807) is 12.4 Å². The third-order valence-corrected chi connectivity index (χ3v) is 4.63. The number of hydrogen-bond acceptors (Lipinski definition) is 5. The highest BCUT2D eigenvalue weighted by molar-refractivity contribution is 6.32. The summed E-state index contributed by atoms with van der Waals surface area (Å²) < 4.78 is 5.90. The van der Waals surface area contributed by atoms with Crippen molar-refractivity contribution >= 4 is 11.6 Å². The van der Waals surface area contributed by atoms with Crippen LogP contribution >= 0.6 is 11.6 Å². The molecule has 5 nitrogen and oxygen atoms in total. The van der Waals surface area contributed by atoms with Crippen molar-refractivity contribution in [3.05, 3.63) is 65.1 Å². The lowest BCUT2D eigenvalue weighted by Crippen LogP contribution is -2.09. The van der Waals surface area contributed by atoms with Crippen LogP contribution in [0, 0.1) is 0 Å². The Hall–Kier alpha value is -2.53. The van der Waals surface area contributed by atoms with Crippen LogP contribution < -0.4 is 4.74 Å². The van der Waals surface area contributed by atoms with E-state index in [9.17, 15) is 0 Å². The lowest BCUT2D eigenvalue weighted by Gasteiger charge is -2.20. The summed E-state index contributed by atoms with van der Waals surface area (Å²) in [5, 5.41) is 0.449. The first-order valence-electron chi connectivity index (χ1n) is 8.32. The molecular formula is C19H17ClN4O. The third kappa shape index (κ3) is 3.46. The van der Waals surface area contributed by atoms with Gasteiger partial charge in [0, 0.05) is 29.7 Å².